The second-order valence-corrected chi connectivity index (χ2v) is 1.89. The lowest BCUT2D eigenvalue weighted by Gasteiger charge is -2.12. The van der Waals surface area contributed by atoms with Gasteiger partial charge in [0.05, 0.1) is 5.84 Å². The minimum atomic E-state index is 0.646. The molecule has 0 atom stereocenters. The molecule has 0 aromatic rings. The third kappa shape index (κ3) is 2.90. The molecule has 0 aromatic carbocycles. The Kier molecular flexibility index (Phi) is 3.76. The zero-order valence-corrected chi connectivity index (χ0v) is 6.31. The average molecular weight is 126 g/mol. The Balaban J connectivity index is 3.72. The maximum absolute atomic E-state index is 7.32. The van der Waals surface area contributed by atoms with E-state index < -0.39 is 0 Å². The van der Waals surface area contributed by atoms with E-state index in [0.717, 1.165) is 6.42 Å². The summed E-state index contributed by atoms with van der Waals surface area (Å²) in [4.78, 5) is 1.81. The molecule has 0 unspecified atom stereocenters. The second kappa shape index (κ2) is 4.13. The highest BCUT2D eigenvalue weighted by Gasteiger charge is 1.93. The first-order valence-corrected chi connectivity index (χ1v) is 3.15. The van der Waals surface area contributed by atoms with Crippen molar-refractivity contribution in [1.29, 1.82) is 5.41 Å². The van der Waals surface area contributed by atoms with E-state index in [9.17, 15) is 0 Å². The molecule has 1 N–H and O–H groups in total. The van der Waals surface area contributed by atoms with Crippen molar-refractivity contribution in [2.45, 2.75) is 20.3 Å². The fourth-order valence-corrected chi connectivity index (χ4v) is 0.563. The van der Waals surface area contributed by atoms with E-state index in [1.165, 1.54) is 0 Å². The summed E-state index contributed by atoms with van der Waals surface area (Å²) in [7, 11) is 1.88. The molecule has 0 heterocycles. The largest absolute Gasteiger partial charge is 0.340 e. The zero-order valence-electron chi connectivity index (χ0n) is 6.31. The Morgan fingerprint density at radius 3 is 2.56 bits per heavy atom. The van der Waals surface area contributed by atoms with Gasteiger partial charge in [-0.25, -0.2) is 0 Å². The van der Waals surface area contributed by atoms with Crippen LogP contribution >= 0.6 is 0 Å². The van der Waals surface area contributed by atoms with Crippen LogP contribution in [0.25, 0.3) is 0 Å². The molecule has 52 valence electrons. The standard InChI is InChI=1S/C7H14N2/c1-4-6-9(3)7(8)5-2/h4,6,8H,5H2,1-3H3/b6-4-,8-7?. The van der Waals surface area contributed by atoms with Crippen molar-refractivity contribution in [1.82, 2.24) is 4.90 Å². The summed E-state index contributed by atoms with van der Waals surface area (Å²) in [6.07, 6.45) is 4.59. The Morgan fingerprint density at radius 2 is 2.22 bits per heavy atom. The van der Waals surface area contributed by atoms with Gasteiger partial charge in [-0.05, 0) is 6.92 Å². The predicted octanol–water partition coefficient (Wildman–Crippen LogP) is 1.84. The van der Waals surface area contributed by atoms with Gasteiger partial charge in [0.2, 0.25) is 0 Å². The third-order valence-corrected chi connectivity index (χ3v) is 1.13. The first-order valence-electron chi connectivity index (χ1n) is 3.15. The Morgan fingerprint density at radius 1 is 1.67 bits per heavy atom. The number of hydrogen-bond acceptors (Lipinski definition) is 1. The van der Waals surface area contributed by atoms with Crippen LogP contribution in [0.5, 0.6) is 0 Å². The number of hydrogen-bond donors (Lipinski definition) is 1. The van der Waals surface area contributed by atoms with E-state index in [0.29, 0.717) is 5.84 Å². The quantitative estimate of drug-likeness (QED) is 0.443. The van der Waals surface area contributed by atoms with Crippen molar-refractivity contribution in [2.75, 3.05) is 7.05 Å². The third-order valence-electron chi connectivity index (χ3n) is 1.13. The van der Waals surface area contributed by atoms with Crippen LogP contribution in [-0.2, 0) is 0 Å². The van der Waals surface area contributed by atoms with E-state index in [1.54, 1.807) is 4.90 Å². The molecule has 0 rings (SSSR count). The molecule has 0 amide bonds. The first kappa shape index (κ1) is 8.21. The van der Waals surface area contributed by atoms with E-state index in [4.69, 9.17) is 5.41 Å². The molecule has 0 saturated carbocycles. The molecule has 0 aromatic heterocycles. The molecular weight excluding hydrogens is 112 g/mol. The van der Waals surface area contributed by atoms with Gasteiger partial charge in [-0.1, -0.05) is 13.0 Å². The van der Waals surface area contributed by atoms with Gasteiger partial charge in [0.15, 0.2) is 0 Å². The first-order chi connectivity index (χ1) is 4.22. The van der Waals surface area contributed by atoms with Crippen molar-refractivity contribution < 1.29 is 0 Å². The van der Waals surface area contributed by atoms with Crippen LogP contribution in [0.15, 0.2) is 12.3 Å². The molecule has 0 aliphatic heterocycles. The molecule has 0 fully saturated rings. The van der Waals surface area contributed by atoms with Crippen LogP contribution in [0.4, 0.5) is 0 Å². The molecule has 0 aliphatic rings. The lowest BCUT2D eigenvalue weighted by atomic mass is 10.4. The zero-order chi connectivity index (χ0) is 7.28. The summed E-state index contributed by atoms with van der Waals surface area (Å²) in [5, 5.41) is 7.32. The molecule has 0 aliphatic carbocycles. The van der Waals surface area contributed by atoms with Crippen LogP contribution in [0.2, 0.25) is 0 Å². The molecule has 9 heavy (non-hydrogen) atoms. The number of nitrogens with one attached hydrogen (secondary N) is 1. The smallest absolute Gasteiger partial charge is 0.0992 e. The normalized spacial score (nSPS) is 10.1. The number of nitrogens with zero attached hydrogens (tertiary/aromatic N) is 1. The molecular formula is C7H14N2. The van der Waals surface area contributed by atoms with Crippen molar-refractivity contribution >= 4 is 5.84 Å². The Labute approximate surface area is 56.7 Å². The van der Waals surface area contributed by atoms with Gasteiger partial charge in [-0.2, -0.15) is 0 Å². The molecule has 0 bridgehead atoms. The van der Waals surface area contributed by atoms with Crippen molar-refractivity contribution in [3.63, 3.8) is 0 Å². The van der Waals surface area contributed by atoms with E-state index in [2.05, 4.69) is 0 Å². The number of rotatable bonds is 2. The second-order valence-electron chi connectivity index (χ2n) is 1.89. The van der Waals surface area contributed by atoms with Crippen molar-refractivity contribution in [2.24, 2.45) is 0 Å². The van der Waals surface area contributed by atoms with Gasteiger partial charge in [0.25, 0.3) is 0 Å². The van der Waals surface area contributed by atoms with E-state index >= 15 is 0 Å². The Bertz CT molecular complexity index is 116. The molecule has 0 spiro atoms. The summed E-state index contributed by atoms with van der Waals surface area (Å²) in [6.45, 7) is 3.92. The average Bonchev–Trinajstić information content (AvgIpc) is 1.87. The van der Waals surface area contributed by atoms with Crippen LogP contribution < -0.4 is 0 Å². The highest BCUT2D eigenvalue weighted by atomic mass is 15.1. The minimum Gasteiger partial charge on any atom is -0.340 e. The summed E-state index contributed by atoms with van der Waals surface area (Å²) in [5.41, 5.74) is 0. The maximum atomic E-state index is 7.32. The van der Waals surface area contributed by atoms with Crippen molar-refractivity contribution in [3.05, 3.63) is 12.3 Å². The van der Waals surface area contributed by atoms with Gasteiger partial charge >= 0.3 is 0 Å². The fraction of sp³-hybridized carbons (Fsp3) is 0.571. The van der Waals surface area contributed by atoms with E-state index in [1.807, 2.05) is 33.2 Å². The predicted molar refractivity (Wildman–Crippen MR) is 40.6 cm³/mol. The molecule has 2 nitrogen and oxygen atoms in total. The number of amidine groups is 1. The summed E-state index contributed by atoms with van der Waals surface area (Å²) in [6, 6.07) is 0. The van der Waals surface area contributed by atoms with Gasteiger partial charge in [-0.3, -0.25) is 5.41 Å². The van der Waals surface area contributed by atoms with E-state index in [-0.39, 0.29) is 0 Å². The SMILES string of the molecule is C/C=C\N(C)C(=N)CC. The minimum absolute atomic E-state index is 0.646. The van der Waals surface area contributed by atoms with Gasteiger partial charge in [-0.15, -0.1) is 0 Å². The summed E-state index contributed by atoms with van der Waals surface area (Å²) < 4.78 is 0. The lowest BCUT2D eigenvalue weighted by molar-refractivity contribution is 0.662. The van der Waals surface area contributed by atoms with Gasteiger partial charge < -0.3 is 4.90 Å². The van der Waals surface area contributed by atoms with Gasteiger partial charge in [0, 0.05) is 19.7 Å². The monoisotopic (exact) mass is 126 g/mol. The lowest BCUT2D eigenvalue weighted by Crippen LogP contribution is -2.18. The fourth-order valence-electron chi connectivity index (χ4n) is 0.563. The van der Waals surface area contributed by atoms with Crippen LogP contribution in [0.1, 0.15) is 20.3 Å². The molecule has 2 heteroatoms. The van der Waals surface area contributed by atoms with Crippen molar-refractivity contribution in [3.8, 4) is 0 Å². The highest BCUT2D eigenvalue weighted by molar-refractivity contribution is 5.79. The Hall–Kier alpha value is -0.790. The van der Waals surface area contributed by atoms with Crippen LogP contribution in [0, 0.1) is 5.41 Å². The van der Waals surface area contributed by atoms with Gasteiger partial charge in [0.1, 0.15) is 0 Å². The molecule has 0 radical (unpaired) electrons. The summed E-state index contributed by atoms with van der Waals surface area (Å²) >= 11 is 0. The molecule has 0 saturated heterocycles. The van der Waals surface area contributed by atoms with Crippen LogP contribution in [-0.4, -0.2) is 17.8 Å². The topological polar surface area (TPSA) is 27.1 Å². The number of allylic oxidation sites excluding steroid dienone is 1. The summed E-state index contributed by atoms with van der Waals surface area (Å²) in [5.74, 6) is 0.646. The highest BCUT2D eigenvalue weighted by Crippen LogP contribution is 1.89. The van der Waals surface area contributed by atoms with Crippen LogP contribution in [0.3, 0.4) is 0 Å². The maximum Gasteiger partial charge on any atom is 0.0992 e.